The summed E-state index contributed by atoms with van der Waals surface area (Å²) in [6, 6.07) is 7.99. The third-order valence-electron chi connectivity index (χ3n) is 3.86. The number of amides is 1. The largest absolute Gasteiger partial charge is 0.399 e. The Kier molecular flexibility index (Phi) is 2.30. The van der Waals surface area contributed by atoms with Crippen LogP contribution in [0.1, 0.15) is 24.8 Å². The second-order valence-electron chi connectivity index (χ2n) is 5.26. The maximum Gasteiger partial charge on any atom is 0.227 e. The van der Waals surface area contributed by atoms with E-state index in [-0.39, 0.29) is 11.3 Å². The zero-order valence-corrected chi connectivity index (χ0v) is 10.1. The number of nitrogens with two attached hydrogens (primary N) is 1. The molecule has 0 bridgehead atoms. The van der Waals surface area contributed by atoms with Gasteiger partial charge in [0.25, 0.3) is 0 Å². The van der Waals surface area contributed by atoms with Crippen LogP contribution in [0.5, 0.6) is 0 Å². The molecule has 2 N–H and O–H groups in total. The van der Waals surface area contributed by atoms with Crippen LogP contribution in [0.4, 0.5) is 11.4 Å². The van der Waals surface area contributed by atoms with E-state index in [0.717, 1.165) is 36.2 Å². The highest BCUT2D eigenvalue weighted by Crippen LogP contribution is 2.47. The van der Waals surface area contributed by atoms with Crippen LogP contribution >= 0.6 is 0 Å². The molecule has 0 unspecified atom stereocenters. The van der Waals surface area contributed by atoms with Crippen LogP contribution in [0.2, 0.25) is 0 Å². The summed E-state index contributed by atoms with van der Waals surface area (Å²) in [4.78, 5) is 13.8. The number of nitrogen functional groups attached to an aromatic ring is 1. The SMILES string of the molecule is N#CC1(CN2C(=O)CCc3cc(N)ccc32)CC1. The van der Waals surface area contributed by atoms with Crippen molar-refractivity contribution >= 4 is 17.3 Å². The highest BCUT2D eigenvalue weighted by Gasteiger charge is 2.46. The van der Waals surface area contributed by atoms with E-state index >= 15 is 0 Å². The fraction of sp³-hybridized carbons (Fsp3) is 0.429. The van der Waals surface area contributed by atoms with Crippen LogP contribution < -0.4 is 10.6 Å². The van der Waals surface area contributed by atoms with E-state index in [2.05, 4.69) is 6.07 Å². The molecule has 3 rings (SSSR count). The Morgan fingerprint density at radius 3 is 2.83 bits per heavy atom. The summed E-state index contributed by atoms with van der Waals surface area (Å²) in [5, 5.41) is 9.16. The van der Waals surface area contributed by atoms with E-state index in [1.54, 1.807) is 4.90 Å². The Morgan fingerprint density at radius 1 is 1.39 bits per heavy atom. The van der Waals surface area contributed by atoms with Crippen molar-refractivity contribution in [1.29, 1.82) is 5.26 Å². The highest BCUT2D eigenvalue weighted by molar-refractivity contribution is 5.96. The molecular weight excluding hydrogens is 226 g/mol. The molecule has 1 amide bonds. The molecule has 1 saturated carbocycles. The van der Waals surface area contributed by atoms with Crippen LogP contribution in [0.15, 0.2) is 18.2 Å². The molecule has 1 fully saturated rings. The van der Waals surface area contributed by atoms with E-state index in [1.807, 2.05) is 18.2 Å². The monoisotopic (exact) mass is 241 g/mol. The van der Waals surface area contributed by atoms with E-state index in [1.165, 1.54) is 0 Å². The van der Waals surface area contributed by atoms with Crippen LogP contribution in [-0.2, 0) is 11.2 Å². The van der Waals surface area contributed by atoms with Gasteiger partial charge >= 0.3 is 0 Å². The van der Waals surface area contributed by atoms with Crippen molar-refractivity contribution in [2.24, 2.45) is 5.41 Å². The van der Waals surface area contributed by atoms with E-state index in [4.69, 9.17) is 11.0 Å². The number of rotatable bonds is 2. The molecule has 4 heteroatoms. The van der Waals surface area contributed by atoms with Crippen LogP contribution in [0.3, 0.4) is 0 Å². The van der Waals surface area contributed by atoms with Gasteiger partial charge in [0.15, 0.2) is 0 Å². The van der Waals surface area contributed by atoms with Gasteiger partial charge in [-0.2, -0.15) is 5.26 Å². The Balaban J connectivity index is 1.95. The number of anilines is 2. The van der Waals surface area contributed by atoms with Gasteiger partial charge in [-0.05, 0) is 43.0 Å². The van der Waals surface area contributed by atoms with Crippen molar-refractivity contribution in [3.63, 3.8) is 0 Å². The summed E-state index contributed by atoms with van der Waals surface area (Å²) < 4.78 is 0. The molecule has 0 radical (unpaired) electrons. The van der Waals surface area contributed by atoms with Crippen molar-refractivity contribution in [2.45, 2.75) is 25.7 Å². The lowest BCUT2D eigenvalue weighted by Gasteiger charge is -2.31. The fourth-order valence-corrected chi connectivity index (χ4v) is 2.51. The second-order valence-corrected chi connectivity index (χ2v) is 5.26. The molecule has 0 spiro atoms. The van der Waals surface area contributed by atoms with Crippen molar-refractivity contribution in [3.05, 3.63) is 23.8 Å². The molecule has 1 aromatic carbocycles. The number of benzene rings is 1. The van der Waals surface area contributed by atoms with Crippen molar-refractivity contribution in [2.75, 3.05) is 17.2 Å². The summed E-state index contributed by atoms with van der Waals surface area (Å²) >= 11 is 0. The first-order valence-corrected chi connectivity index (χ1v) is 6.24. The zero-order chi connectivity index (χ0) is 12.8. The number of nitriles is 1. The maximum atomic E-state index is 12.0. The summed E-state index contributed by atoms with van der Waals surface area (Å²) in [5.74, 6) is 0.119. The first kappa shape index (κ1) is 11.1. The maximum absolute atomic E-state index is 12.0. The van der Waals surface area contributed by atoms with Crippen LogP contribution in [0, 0.1) is 16.7 Å². The lowest BCUT2D eigenvalue weighted by molar-refractivity contribution is -0.119. The topological polar surface area (TPSA) is 70.1 Å². The van der Waals surface area contributed by atoms with Crippen molar-refractivity contribution in [1.82, 2.24) is 0 Å². The molecule has 0 atom stereocenters. The first-order chi connectivity index (χ1) is 8.63. The van der Waals surface area contributed by atoms with Gasteiger partial charge in [0.2, 0.25) is 5.91 Å². The average molecular weight is 241 g/mol. The van der Waals surface area contributed by atoms with E-state index in [0.29, 0.717) is 13.0 Å². The smallest absolute Gasteiger partial charge is 0.227 e. The fourth-order valence-electron chi connectivity index (χ4n) is 2.51. The Hall–Kier alpha value is -2.02. The number of hydrogen-bond donors (Lipinski definition) is 1. The van der Waals surface area contributed by atoms with Gasteiger partial charge in [-0.3, -0.25) is 4.79 Å². The van der Waals surface area contributed by atoms with Gasteiger partial charge in [-0.1, -0.05) is 0 Å². The lowest BCUT2D eigenvalue weighted by atomic mass is 9.98. The van der Waals surface area contributed by atoms with Crippen molar-refractivity contribution < 1.29 is 4.79 Å². The van der Waals surface area contributed by atoms with Crippen molar-refractivity contribution in [3.8, 4) is 6.07 Å². The lowest BCUT2D eigenvalue weighted by Crippen LogP contribution is -2.39. The molecule has 92 valence electrons. The molecule has 1 aromatic rings. The minimum absolute atomic E-state index is 0.119. The Bertz CT molecular complexity index is 555. The predicted molar refractivity (Wildman–Crippen MR) is 68.8 cm³/mol. The van der Waals surface area contributed by atoms with Gasteiger partial charge in [0.1, 0.15) is 0 Å². The summed E-state index contributed by atoms with van der Waals surface area (Å²) in [7, 11) is 0. The Labute approximate surface area is 106 Å². The van der Waals surface area contributed by atoms with Gasteiger partial charge in [-0.25, -0.2) is 0 Å². The third kappa shape index (κ3) is 1.72. The molecule has 2 aliphatic rings. The minimum atomic E-state index is -0.300. The summed E-state index contributed by atoms with van der Waals surface area (Å²) in [6.45, 7) is 0.527. The molecule has 1 aliphatic heterocycles. The number of hydrogen-bond acceptors (Lipinski definition) is 3. The van der Waals surface area contributed by atoms with E-state index < -0.39 is 0 Å². The van der Waals surface area contributed by atoms with E-state index in [9.17, 15) is 4.79 Å². The molecule has 0 saturated heterocycles. The molecule has 1 aliphatic carbocycles. The molecule has 4 nitrogen and oxygen atoms in total. The second kappa shape index (κ2) is 3.74. The minimum Gasteiger partial charge on any atom is -0.399 e. The van der Waals surface area contributed by atoms with Gasteiger partial charge in [0.05, 0.1) is 11.5 Å². The summed E-state index contributed by atoms with van der Waals surface area (Å²) in [6.07, 6.45) is 3.06. The zero-order valence-electron chi connectivity index (χ0n) is 10.1. The number of fused-ring (bicyclic) bond motifs is 1. The molecule has 0 aromatic heterocycles. The van der Waals surface area contributed by atoms with Crippen LogP contribution in [0.25, 0.3) is 0 Å². The van der Waals surface area contributed by atoms with Crippen LogP contribution in [-0.4, -0.2) is 12.5 Å². The number of carbonyl (C=O) groups excluding carboxylic acids is 1. The number of nitrogens with zero attached hydrogens (tertiary/aromatic N) is 2. The third-order valence-corrected chi connectivity index (χ3v) is 3.86. The Morgan fingerprint density at radius 2 is 2.17 bits per heavy atom. The number of aryl methyl sites for hydroxylation is 1. The molecule has 1 heterocycles. The number of carbonyl (C=O) groups is 1. The van der Waals surface area contributed by atoms with Gasteiger partial charge < -0.3 is 10.6 Å². The normalized spacial score (nSPS) is 20.2. The highest BCUT2D eigenvalue weighted by atomic mass is 16.2. The standard InChI is InChI=1S/C14H15N3O/c15-8-14(5-6-14)9-17-12-3-2-11(16)7-10(12)1-4-13(17)18/h2-3,7H,1,4-6,9,16H2. The molecule has 18 heavy (non-hydrogen) atoms. The van der Waals surface area contributed by atoms with Gasteiger partial charge in [-0.15, -0.1) is 0 Å². The summed E-state index contributed by atoms with van der Waals surface area (Å²) in [5.41, 5.74) is 8.24. The first-order valence-electron chi connectivity index (χ1n) is 6.24. The molecular formula is C14H15N3O. The quantitative estimate of drug-likeness (QED) is 0.803. The average Bonchev–Trinajstić information content (AvgIpc) is 3.13. The van der Waals surface area contributed by atoms with Gasteiger partial charge in [0, 0.05) is 24.3 Å². The predicted octanol–water partition coefficient (Wildman–Crippen LogP) is 1.85.